The molecule has 0 radical (unpaired) electrons. The summed E-state index contributed by atoms with van der Waals surface area (Å²) in [6, 6.07) is 11.7. The SMILES string of the molecule is COc1cn(Cc2ccccc2OC(F)F)c(Nc2cccc(Cl)c2C)nc1=O. The Labute approximate surface area is 170 Å². The van der Waals surface area contributed by atoms with Crippen LogP contribution in [0.4, 0.5) is 20.4 Å². The van der Waals surface area contributed by atoms with Crippen LogP contribution in [0.2, 0.25) is 5.02 Å². The van der Waals surface area contributed by atoms with Crippen molar-refractivity contribution in [3.8, 4) is 11.5 Å². The third-order valence-electron chi connectivity index (χ3n) is 4.23. The van der Waals surface area contributed by atoms with Gasteiger partial charge in [0.2, 0.25) is 11.7 Å². The van der Waals surface area contributed by atoms with Crippen LogP contribution in [0.15, 0.2) is 53.5 Å². The standard InChI is InChI=1S/C20H18ClF2N3O3/c1-12-14(21)7-5-8-15(12)24-20-25-18(27)17(28-2)11-26(20)10-13-6-3-4-9-16(13)29-19(22)23/h3-9,11,19H,10H2,1-2H3,(H,24,25,27). The number of ether oxygens (including phenoxy) is 2. The smallest absolute Gasteiger partial charge is 0.387 e. The van der Waals surface area contributed by atoms with E-state index in [2.05, 4.69) is 15.0 Å². The van der Waals surface area contributed by atoms with E-state index in [1.165, 1.54) is 19.4 Å². The summed E-state index contributed by atoms with van der Waals surface area (Å²) in [6.45, 7) is -1.03. The number of para-hydroxylation sites is 1. The third kappa shape index (κ3) is 4.83. The third-order valence-corrected chi connectivity index (χ3v) is 4.64. The van der Waals surface area contributed by atoms with Gasteiger partial charge in [0.05, 0.1) is 19.9 Å². The van der Waals surface area contributed by atoms with Crippen molar-refractivity contribution in [1.82, 2.24) is 9.55 Å². The Kier molecular flexibility index (Phi) is 6.33. The van der Waals surface area contributed by atoms with E-state index >= 15 is 0 Å². The molecule has 1 aromatic heterocycles. The van der Waals surface area contributed by atoms with Crippen LogP contribution >= 0.6 is 11.6 Å². The Morgan fingerprint density at radius 3 is 2.66 bits per heavy atom. The molecule has 0 unspecified atom stereocenters. The van der Waals surface area contributed by atoms with Crippen molar-refractivity contribution in [3.05, 3.63) is 75.2 Å². The molecule has 0 fully saturated rings. The molecule has 3 aromatic rings. The monoisotopic (exact) mass is 421 g/mol. The Morgan fingerprint density at radius 2 is 1.93 bits per heavy atom. The minimum atomic E-state index is -2.95. The zero-order chi connectivity index (χ0) is 21.0. The first-order valence-electron chi connectivity index (χ1n) is 8.59. The summed E-state index contributed by atoms with van der Waals surface area (Å²) < 4.78 is 36.7. The summed E-state index contributed by atoms with van der Waals surface area (Å²) >= 11 is 6.16. The molecule has 6 nitrogen and oxygen atoms in total. The van der Waals surface area contributed by atoms with Gasteiger partial charge in [-0.15, -0.1) is 0 Å². The van der Waals surface area contributed by atoms with Crippen LogP contribution in [0.25, 0.3) is 0 Å². The van der Waals surface area contributed by atoms with Crippen molar-refractivity contribution >= 4 is 23.2 Å². The second-order valence-corrected chi connectivity index (χ2v) is 6.50. The largest absolute Gasteiger partial charge is 0.490 e. The maximum Gasteiger partial charge on any atom is 0.387 e. The first-order valence-corrected chi connectivity index (χ1v) is 8.97. The summed E-state index contributed by atoms with van der Waals surface area (Å²) in [5.74, 6) is 0.253. The first-order chi connectivity index (χ1) is 13.9. The Hall–Kier alpha value is -3.13. The van der Waals surface area contributed by atoms with Crippen molar-refractivity contribution in [2.45, 2.75) is 20.1 Å². The molecule has 152 valence electrons. The van der Waals surface area contributed by atoms with Crippen molar-refractivity contribution in [3.63, 3.8) is 0 Å². The molecular weight excluding hydrogens is 404 g/mol. The predicted molar refractivity (Wildman–Crippen MR) is 107 cm³/mol. The summed E-state index contributed by atoms with van der Waals surface area (Å²) in [6.07, 6.45) is 1.46. The lowest BCUT2D eigenvalue weighted by Crippen LogP contribution is -2.19. The number of rotatable bonds is 7. The van der Waals surface area contributed by atoms with Crippen LogP contribution in [-0.2, 0) is 6.54 Å². The summed E-state index contributed by atoms with van der Waals surface area (Å²) in [7, 11) is 1.35. The number of hydrogen-bond donors (Lipinski definition) is 1. The number of aromatic nitrogens is 2. The second-order valence-electron chi connectivity index (χ2n) is 6.09. The topological polar surface area (TPSA) is 65.4 Å². The average molecular weight is 422 g/mol. The van der Waals surface area contributed by atoms with Crippen LogP contribution in [-0.4, -0.2) is 23.3 Å². The summed E-state index contributed by atoms with van der Waals surface area (Å²) in [5, 5.41) is 3.63. The zero-order valence-electron chi connectivity index (χ0n) is 15.7. The molecule has 0 bridgehead atoms. The molecule has 0 saturated carbocycles. The van der Waals surface area contributed by atoms with Crippen molar-refractivity contribution < 1.29 is 18.3 Å². The molecule has 0 atom stereocenters. The van der Waals surface area contributed by atoms with Gasteiger partial charge in [-0.2, -0.15) is 13.8 Å². The number of nitrogens with zero attached hydrogens (tertiary/aromatic N) is 2. The number of nitrogens with one attached hydrogen (secondary N) is 1. The van der Waals surface area contributed by atoms with Crippen LogP contribution in [0, 0.1) is 6.92 Å². The van der Waals surface area contributed by atoms with Gasteiger partial charge in [-0.05, 0) is 30.7 Å². The Morgan fingerprint density at radius 1 is 1.17 bits per heavy atom. The minimum Gasteiger partial charge on any atom is -0.490 e. The average Bonchev–Trinajstić information content (AvgIpc) is 2.68. The van der Waals surface area contributed by atoms with E-state index in [0.29, 0.717) is 16.3 Å². The fourth-order valence-electron chi connectivity index (χ4n) is 2.73. The minimum absolute atomic E-state index is 0.0191. The van der Waals surface area contributed by atoms with E-state index in [0.717, 1.165) is 5.56 Å². The molecule has 0 aliphatic rings. The number of alkyl halides is 2. The van der Waals surface area contributed by atoms with Gasteiger partial charge in [-0.1, -0.05) is 35.9 Å². The molecule has 0 aliphatic heterocycles. The molecular formula is C20H18ClF2N3O3. The molecule has 0 saturated heterocycles. The fourth-order valence-corrected chi connectivity index (χ4v) is 2.90. The van der Waals surface area contributed by atoms with E-state index < -0.39 is 12.2 Å². The number of benzene rings is 2. The lowest BCUT2D eigenvalue weighted by molar-refractivity contribution is -0.0504. The predicted octanol–water partition coefficient (Wildman–Crippen LogP) is 4.61. The van der Waals surface area contributed by atoms with Crippen LogP contribution in [0.3, 0.4) is 0 Å². The highest BCUT2D eigenvalue weighted by Crippen LogP contribution is 2.27. The van der Waals surface area contributed by atoms with Gasteiger partial charge in [-0.25, -0.2) is 0 Å². The number of halogens is 3. The van der Waals surface area contributed by atoms with Crippen LogP contribution in [0.1, 0.15) is 11.1 Å². The molecule has 9 heteroatoms. The molecule has 2 aromatic carbocycles. The van der Waals surface area contributed by atoms with E-state index in [4.69, 9.17) is 16.3 Å². The lowest BCUT2D eigenvalue weighted by Gasteiger charge is -2.18. The van der Waals surface area contributed by atoms with E-state index in [1.54, 1.807) is 41.0 Å². The molecule has 1 heterocycles. The quantitative estimate of drug-likeness (QED) is 0.603. The Bertz CT molecular complexity index is 1070. The number of anilines is 2. The van der Waals surface area contributed by atoms with Gasteiger partial charge in [0.25, 0.3) is 0 Å². The molecule has 29 heavy (non-hydrogen) atoms. The van der Waals surface area contributed by atoms with Gasteiger partial charge < -0.3 is 19.4 Å². The molecule has 0 spiro atoms. The fraction of sp³-hybridized carbons (Fsp3) is 0.200. The van der Waals surface area contributed by atoms with Gasteiger partial charge in [0.15, 0.2) is 0 Å². The van der Waals surface area contributed by atoms with Crippen LogP contribution in [0.5, 0.6) is 11.5 Å². The Balaban J connectivity index is 2.04. The molecule has 3 rings (SSSR count). The van der Waals surface area contributed by atoms with Crippen molar-refractivity contribution in [2.75, 3.05) is 12.4 Å². The first kappa shape index (κ1) is 20.6. The normalized spacial score (nSPS) is 10.8. The van der Waals surface area contributed by atoms with Gasteiger partial charge in [0.1, 0.15) is 5.75 Å². The van der Waals surface area contributed by atoms with E-state index in [9.17, 15) is 13.6 Å². The number of methoxy groups -OCH3 is 1. The van der Waals surface area contributed by atoms with E-state index in [1.807, 2.05) is 6.92 Å². The molecule has 0 amide bonds. The lowest BCUT2D eigenvalue weighted by atomic mass is 10.2. The van der Waals surface area contributed by atoms with Gasteiger partial charge in [0, 0.05) is 16.3 Å². The van der Waals surface area contributed by atoms with Crippen LogP contribution < -0.4 is 20.3 Å². The van der Waals surface area contributed by atoms with Gasteiger partial charge >= 0.3 is 12.2 Å². The van der Waals surface area contributed by atoms with Gasteiger partial charge in [-0.3, -0.25) is 4.79 Å². The van der Waals surface area contributed by atoms with Crippen molar-refractivity contribution in [1.29, 1.82) is 0 Å². The second kappa shape index (κ2) is 8.91. The molecule has 1 N–H and O–H groups in total. The molecule has 0 aliphatic carbocycles. The maximum atomic E-state index is 12.7. The highest BCUT2D eigenvalue weighted by Gasteiger charge is 2.15. The van der Waals surface area contributed by atoms with Crippen molar-refractivity contribution in [2.24, 2.45) is 0 Å². The maximum absolute atomic E-state index is 12.7. The zero-order valence-corrected chi connectivity index (χ0v) is 16.4. The van der Waals surface area contributed by atoms with E-state index in [-0.39, 0.29) is 24.0 Å². The number of hydrogen-bond acceptors (Lipinski definition) is 5. The summed E-state index contributed by atoms with van der Waals surface area (Å²) in [5.41, 5.74) is 1.34. The summed E-state index contributed by atoms with van der Waals surface area (Å²) in [4.78, 5) is 16.2. The highest BCUT2D eigenvalue weighted by atomic mass is 35.5. The highest BCUT2D eigenvalue weighted by molar-refractivity contribution is 6.31.